The lowest BCUT2D eigenvalue weighted by Gasteiger charge is -2.13. The van der Waals surface area contributed by atoms with Gasteiger partial charge < -0.3 is 19.3 Å². The number of ether oxygens (including phenoxy) is 3. The first-order valence-electron chi connectivity index (χ1n) is 6.03. The van der Waals surface area contributed by atoms with Gasteiger partial charge in [-0.05, 0) is 11.5 Å². The van der Waals surface area contributed by atoms with Gasteiger partial charge in [-0.25, -0.2) is 0 Å². The number of benzene rings is 1. The molecule has 5 nitrogen and oxygen atoms in total. The molecule has 0 aliphatic rings. The van der Waals surface area contributed by atoms with Crippen molar-refractivity contribution in [2.24, 2.45) is 0 Å². The lowest BCUT2D eigenvalue weighted by molar-refractivity contribution is 0.281. The molecule has 5 heteroatoms. The van der Waals surface area contributed by atoms with Crippen LogP contribution in [0, 0.1) is 0 Å². The molecule has 0 radical (unpaired) electrons. The molecule has 20 heavy (non-hydrogen) atoms. The van der Waals surface area contributed by atoms with E-state index in [0.717, 1.165) is 0 Å². The predicted octanol–water partition coefficient (Wildman–Crippen LogP) is 1.72. The molecule has 0 unspecified atom stereocenters. The van der Waals surface area contributed by atoms with Crippen molar-refractivity contribution in [1.82, 2.24) is 0 Å². The summed E-state index contributed by atoms with van der Waals surface area (Å²) in [6.07, 6.45) is 0. The second-order valence-corrected chi connectivity index (χ2v) is 4.15. The van der Waals surface area contributed by atoms with Crippen molar-refractivity contribution in [3.63, 3.8) is 0 Å². The van der Waals surface area contributed by atoms with E-state index in [9.17, 15) is 9.90 Å². The van der Waals surface area contributed by atoms with Crippen LogP contribution in [-0.4, -0.2) is 26.4 Å². The van der Waals surface area contributed by atoms with Crippen LogP contribution in [0.4, 0.5) is 0 Å². The van der Waals surface area contributed by atoms with E-state index in [1.54, 1.807) is 24.3 Å². The minimum Gasteiger partial charge on any atom is -0.493 e. The van der Waals surface area contributed by atoms with Crippen LogP contribution in [0.25, 0.3) is 10.8 Å². The summed E-state index contributed by atoms with van der Waals surface area (Å²) in [6.45, 7) is -0.333. The van der Waals surface area contributed by atoms with Crippen molar-refractivity contribution in [3.05, 3.63) is 40.1 Å². The average molecular weight is 276 g/mol. The molecule has 2 rings (SSSR count). The fourth-order valence-electron chi connectivity index (χ4n) is 2.17. The van der Waals surface area contributed by atoms with E-state index in [4.69, 9.17) is 14.2 Å². The van der Waals surface area contributed by atoms with Gasteiger partial charge in [0, 0.05) is 5.56 Å². The Hall–Kier alpha value is -2.27. The predicted molar refractivity (Wildman–Crippen MR) is 75.8 cm³/mol. The quantitative estimate of drug-likeness (QED) is 0.921. The van der Waals surface area contributed by atoms with Crippen LogP contribution in [0.5, 0.6) is 17.2 Å². The highest BCUT2D eigenvalue weighted by Gasteiger charge is 2.18. The Kier molecular flexibility index (Phi) is 4.10. The molecule has 0 heterocycles. The monoisotopic (exact) mass is 276 g/mol. The average Bonchev–Trinajstić information content (AvgIpc) is 2.64. The number of fused-ring (bicyclic) bond motifs is 1. The minimum absolute atomic E-state index is 0.287. The van der Waals surface area contributed by atoms with Crippen LogP contribution in [-0.2, 0) is 6.61 Å². The van der Waals surface area contributed by atoms with Gasteiger partial charge in [0.15, 0.2) is 16.9 Å². The Balaban J connectivity index is 3.03. The molecule has 1 N–H and O–H groups in total. The SMILES string of the molecule is COc1cc2cccc(CO)c(=O)c2c(OC)c1OC. The molecule has 2 aromatic rings. The molecule has 0 aromatic heterocycles. The molecule has 0 fully saturated rings. The lowest BCUT2D eigenvalue weighted by Crippen LogP contribution is -2.08. The summed E-state index contributed by atoms with van der Waals surface area (Å²) < 4.78 is 15.9. The number of hydrogen-bond acceptors (Lipinski definition) is 5. The Morgan fingerprint density at radius 1 is 1.05 bits per heavy atom. The largest absolute Gasteiger partial charge is 0.493 e. The summed E-state index contributed by atoms with van der Waals surface area (Å²) in [7, 11) is 4.46. The Morgan fingerprint density at radius 3 is 2.30 bits per heavy atom. The van der Waals surface area contributed by atoms with Crippen molar-refractivity contribution in [2.75, 3.05) is 21.3 Å². The van der Waals surface area contributed by atoms with Crippen molar-refractivity contribution in [1.29, 1.82) is 0 Å². The van der Waals surface area contributed by atoms with Gasteiger partial charge in [0.05, 0.1) is 33.3 Å². The Bertz CT molecular complexity index is 694. The van der Waals surface area contributed by atoms with Gasteiger partial charge in [-0.1, -0.05) is 18.2 Å². The molecular formula is C15H16O5. The molecule has 0 amide bonds. The summed E-state index contributed by atoms with van der Waals surface area (Å²) in [4.78, 5) is 12.5. The zero-order valence-corrected chi connectivity index (χ0v) is 11.6. The second kappa shape index (κ2) is 5.79. The van der Waals surface area contributed by atoms with E-state index in [2.05, 4.69) is 0 Å². The first kappa shape index (κ1) is 14.1. The normalized spacial score (nSPS) is 10.4. The van der Waals surface area contributed by atoms with E-state index in [-0.39, 0.29) is 12.0 Å². The topological polar surface area (TPSA) is 65.0 Å². The van der Waals surface area contributed by atoms with E-state index in [1.807, 2.05) is 0 Å². The van der Waals surface area contributed by atoms with Gasteiger partial charge in [-0.2, -0.15) is 0 Å². The third-order valence-electron chi connectivity index (χ3n) is 3.12. The first-order chi connectivity index (χ1) is 9.67. The molecule has 0 aliphatic carbocycles. The van der Waals surface area contributed by atoms with Gasteiger partial charge in [0.2, 0.25) is 5.75 Å². The summed E-state index contributed by atoms with van der Waals surface area (Å²) in [5.74, 6) is 1.14. The van der Waals surface area contributed by atoms with Gasteiger partial charge in [0.1, 0.15) is 0 Å². The smallest absolute Gasteiger partial charge is 0.204 e. The molecular weight excluding hydrogens is 260 g/mol. The van der Waals surface area contributed by atoms with Gasteiger partial charge in [-0.3, -0.25) is 4.79 Å². The highest BCUT2D eigenvalue weighted by Crippen LogP contribution is 2.41. The molecule has 0 saturated carbocycles. The maximum atomic E-state index is 12.5. The Morgan fingerprint density at radius 2 is 1.75 bits per heavy atom. The summed E-state index contributed by atoms with van der Waals surface area (Å²) in [5.41, 5.74) is 0.0100. The highest BCUT2D eigenvalue weighted by atomic mass is 16.5. The third-order valence-corrected chi connectivity index (χ3v) is 3.12. The number of hydrogen-bond donors (Lipinski definition) is 1. The fraction of sp³-hybridized carbons (Fsp3) is 0.267. The van der Waals surface area contributed by atoms with Crippen LogP contribution in [0.2, 0.25) is 0 Å². The van der Waals surface area contributed by atoms with E-state index < -0.39 is 0 Å². The van der Waals surface area contributed by atoms with Gasteiger partial charge >= 0.3 is 0 Å². The van der Waals surface area contributed by atoms with Crippen LogP contribution < -0.4 is 19.6 Å². The highest BCUT2D eigenvalue weighted by molar-refractivity contribution is 5.92. The molecule has 0 bridgehead atoms. The number of aliphatic hydroxyl groups is 1. The molecule has 0 aliphatic heterocycles. The van der Waals surface area contributed by atoms with Crippen LogP contribution in [0.3, 0.4) is 0 Å². The van der Waals surface area contributed by atoms with E-state index >= 15 is 0 Å². The van der Waals surface area contributed by atoms with Gasteiger partial charge in [-0.15, -0.1) is 0 Å². The molecule has 106 valence electrons. The molecule has 0 spiro atoms. The summed E-state index contributed by atoms with van der Waals surface area (Å²) in [5, 5.41) is 10.3. The first-order valence-corrected chi connectivity index (χ1v) is 6.03. The summed E-state index contributed by atoms with van der Waals surface area (Å²) in [6, 6.07) is 6.76. The van der Waals surface area contributed by atoms with Gasteiger partial charge in [0.25, 0.3) is 0 Å². The zero-order valence-electron chi connectivity index (χ0n) is 11.6. The maximum absolute atomic E-state index is 12.5. The number of rotatable bonds is 4. The standard InChI is InChI=1S/C15H16O5/c1-18-11-7-9-5-4-6-10(8-16)13(17)12(9)15(20-3)14(11)19-2/h4-7,16H,8H2,1-3H3. The second-order valence-electron chi connectivity index (χ2n) is 4.15. The van der Waals surface area contributed by atoms with Crippen molar-refractivity contribution in [2.45, 2.75) is 6.61 Å². The zero-order chi connectivity index (χ0) is 14.7. The number of methoxy groups -OCH3 is 3. The molecule has 0 atom stereocenters. The fourth-order valence-corrected chi connectivity index (χ4v) is 2.17. The van der Waals surface area contributed by atoms with E-state index in [1.165, 1.54) is 21.3 Å². The number of aliphatic hydroxyl groups excluding tert-OH is 1. The Labute approximate surface area is 116 Å². The molecule has 0 saturated heterocycles. The van der Waals surface area contributed by atoms with Crippen LogP contribution >= 0.6 is 0 Å². The van der Waals surface area contributed by atoms with Crippen LogP contribution in [0.1, 0.15) is 5.56 Å². The maximum Gasteiger partial charge on any atom is 0.204 e. The van der Waals surface area contributed by atoms with Crippen molar-refractivity contribution >= 4 is 10.8 Å². The minimum atomic E-state index is -0.333. The summed E-state index contributed by atoms with van der Waals surface area (Å²) >= 11 is 0. The molecule has 2 aromatic carbocycles. The van der Waals surface area contributed by atoms with Crippen molar-refractivity contribution in [3.8, 4) is 17.2 Å². The lowest BCUT2D eigenvalue weighted by atomic mass is 10.1. The third kappa shape index (κ3) is 2.16. The van der Waals surface area contributed by atoms with Crippen LogP contribution in [0.15, 0.2) is 29.1 Å². The van der Waals surface area contributed by atoms with E-state index in [0.29, 0.717) is 33.6 Å². The van der Waals surface area contributed by atoms with Crippen molar-refractivity contribution < 1.29 is 19.3 Å².